The van der Waals surface area contributed by atoms with Crippen LogP contribution in [0.3, 0.4) is 0 Å². The van der Waals surface area contributed by atoms with Gasteiger partial charge in [-0.05, 0) is 12.1 Å². The number of nitriles is 1. The lowest BCUT2D eigenvalue weighted by Gasteiger charge is -1.96. The molecular weight excluding hydrogens is 164 g/mol. The number of hydrogen-bond donors (Lipinski definition) is 1. The molecule has 0 bridgehead atoms. The molecule has 13 heavy (non-hydrogen) atoms. The predicted octanol–water partition coefficient (Wildman–Crippen LogP) is 1.34. The van der Waals surface area contributed by atoms with E-state index in [9.17, 15) is 0 Å². The van der Waals surface area contributed by atoms with Crippen molar-refractivity contribution in [2.45, 2.75) is 0 Å². The summed E-state index contributed by atoms with van der Waals surface area (Å²) in [5.41, 5.74) is 2.10. The quantitative estimate of drug-likeness (QED) is 0.702. The average molecular weight is 170 g/mol. The molecule has 0 unspecified atom stereocenters. The van der Waals surface area contributed by atoms with E-state index in [1.165, 1.54) is 0 Å². The monoisotopic (exact) mass is 170 g/mol. The first-order chi connectivity index (χ1) is 6.42. The average Bonchev–Trinajstić information content (AvgIpc) is 2.70. The van der Waals surface area contributed by atoms with Crippen LogP contribution >= 0.6 is 0 Å². The minimum Gasteiger partial charge on any atom is -0.285 e. The topological polar surface area (TPSA) is 65.4 Å². The zero-order chi connectivity index (χ0) is 9.10. The number of rotatable bonds is 1. The molecule has 0 saturated carbocycles. The van der Waals surface area contributed by atoms with E-state index in [1.54, 1.807) is 24.7 Å². The molecule has 0 aliphatic heterocycles. The fourth-order valence-corrected chi connectivity index (χ4v) is 1.13. The van der Waals surface area contributed by atoms with Crippen molar-refractivity contribution in [2.75, 3.05) is 0 Å². The van der Waals surface area contributed by atoms with Crippen LogP contribution < -0.4 is 0 Å². The molecule has 4 heteroatoms. The van der Waals surface area contributed by atoms with Gasteiger partial charge in [-0.15, -0.1) is 0 Å². The van der Waals surface area contributed by atoms with Crippen LogP contribution in [-0.4, -0.2) is 15.2 Å². The van der Waals surface area contributed by atoms with Gasteiger partial charge in [0.25, 0.3) is 0 Å². The molecular formula is C9H6N4. The van der Waals surface area contributed by atoms with Crippen LogP contribution in [0.2, 0.25) is 0 Å². The number of nitrogens with one attached hydrogen (secondary N) is 1. The molecule has 2 rings (SSSR count). The second-order valence-corrected chi connectivity index (χ2v) is 2.50. The summed E-state index contributed by atoms with van der Waals surface area (Å²) in [6.07, 6.45) is 5.00. The maximum Gasteiger partial charge on any atom is 0.148 e. The van der Waals surface area contributed by atoms with Gasteiger partial charge in [0.1, 0.15) is 11.8 Å². The fourth-order valence-electron chi connectivity index (χ4n) is 1.13. The van der Waals surface area contributed by atoms with Gasteiger partial charge in [0, 0.05) is 23.5 Å². The number of pyridine rings is 1. The number of H-pyrrole nitrogens is 1. The number of hydrogen-bond acceptors (Lipinski definition) is 3. The molecule has 0 aliphatic carbocycles. The Kier molecular flexibility index (Phi) is 1.77. The Morgan fingerprint density at radius 3 is 3.08 bits per heavy atom. The third-order valence-electron chi connectivity index (χ3n) is 1.72. The van der Waals surface area contributed by atoms with E-state index in [0.29, 0.717) is 5.69 Å². The molecule has 0 saturated heterocycles. The van der Waals surface area contributed by atoms with E-state index in [0.717, 1.165) is 11.1 Å². The van der Waals surface area contributed by atoms with Gasteiger partial charge in [0.05, 0.1) is 6.20 Å². The highest BCUT2D eigenvalue weighted by molar-refractivity contribution is 5.66. The fraction of sp³-hybridized carbons (Fsp3) is 0. The van der Waals surface area contributed by atoms with Gasteiger partial charge in [0.15, 0.2) is 0 Å². The standard InChI is InChI=1S/C9H6N4/c10-4-9-8(2-1-3-11-9)7-5-12-13-6-7/h1-3,5-6H,(H,12,13). The molecule has 2 aromatic heterocycles. The van der Waals surface area contributed by atoms with Crippen molar-refractivity contribution in [3.05, 3.63) is 36.4 Å². The Bertz CT molecular complexity index is 439. The number of aromatic nitrogens is 3. The highest BCUT2D eigenvalue weighted by Gasteiger charge is 2.04. The predicted molar refractivity (Wildman–Crippen MR) is 46.5 cm³/mol. The van der Waals surface area contributed by atoms with E-state index < -0.39 is 0 Å². The second kappa shape index (κ2) is 3.07. The highest BCUT2D eigenvalue weighted by atomic mass is 15.1. The first-order valence-corrected chi connectivity index (χ1v) is 3.76. The molecule has 0 radical (unpaired) electrons. The lowest BCUT2D eigenvalue weighted by molar-refractivity contribution is 1.09. The van der Waals surface area contributed by atoms with E-state index in [-0.39, 0.29) is 0 Å². The largest absolute Gasteiger partial charge is 0.285 e. The molecule has 0 atom stereocenters. The first-order valence-electron chi connectivity index (χ1n) is 3.76. The summed E-state index contributed by atoms with van der Waals surface area (Å²) in [7, 11) is 0. The summed E-state index contributed by atoms with van der Waals surface area (Å²) in [5, 5.41) is 15.3. The Morgan fingerprint density at radius 1 is 1.46 bits per heavy atom. The minimum absolute atomic E-state index is 0.420. The van der Waals surface area contributed by atoms with Gasteiger partial charge < -0.3 is 0 Å². The third-order valence-corrected chi connectivity index (χ3v) is 1.72. The third kappa shape index (κ3) is 1.27. The van der Waals surface area contributed by atoms with Crippen LogP contribution in [0.15, 0.2) is 30.7 Å². The summed E-state index contributed by atoms with van der Waals surface area (Å²) in [6, 6.07) is 5.67. The molecule has 62 valence electrons. The minimum atomic E-state index is 0.420. The number of nitrogens with zero attached hydrogens (tertiary/aromatic N) is 3. The van der Waals surface area contributed by atoms with Gasteiger partial charge in [-0.2, -0.15) is 10.4 Å². The van der Waals surface area contributed by atoms with Gasteiger partial charge in [-0.3, -0.25) is 5.10 Å². The smallest absolute Gasteiger partial charge is 0.148 e. The Morgan fingerprint density at radius 2 is 2.38 bits per heavy atom. The van der Waals surface area contributed by atoms with Crippen molar-refractivity contribution in [3.8, 4) is 17.2 Å². The molecule has 0 spiro atoms. The van der Waals surface area contributed by atoms with E-state index >= 15 is 0 Å². The van der Waals surface area contributed by atoms with Crippen LogP contribution in [0.5, 0.6) is 0 Å². The van der Waals surface area contributed by atoms with E-state index in [2.05, 4.69) is 15.2 Å². The van der Waals surface area contributed by atoms with Gasteiger partial charge in [0.2, 0.25) is 0 Å². The van der Waals surface area contributed by atoms with Gasteiger partial charge in [-0.1, -0.05) is 0 Å². The van der Waals surface area contributed by atoms with Crippen LogP contribution in [0.25, 0.3) is 11.1 Å². The SMILES string of the molecule is N#Cc1ncccc1-c1cn[nH]c1. The Hall–Kier alpha value is -2.15. The lowest BCUT2D eigenvalue weighted by atomic mass is 10.1. The summed E-state index contributed by atoms with van der Waals surface area (Å²) in [4.78, 5) is 3.95. The zero-order valence-corrected chi connectivity index (χ0v) is 6.73. The molecule has 2 heterocycles. The van der Waals surface area contributed by atoms with Crippen molar-refractivity contribution in [1.82, 2.24) is 15.2 Å². The summed E-state index contributed by atoms with van der Waals surface area (Å²) < 4.78 is 0. The highest BCUT2D eigenvalue weighted by Crippen LogP contribution is 2.19. The Balaban J connectivity index is 2.59. The normalized spacial score (nSPS) is 9.46. The van der Waals surface area contributed by atoms with Crippen molar-refractivity contribution in [2.24, 2.45) is 0 Å². The van der Waals surface area contributed by atoms with Crippen molar-refractivity contribution < 1.29 is 0 Å². The number of aromatic amines is 1. The molecule has 0 amide bonds. The zero-order valence-electron chi connectivity index (χ0n) is 6.73. The Labute approximate surface area is 74.9 Å². The van der Waals surface area contributed by atoms with Crippen molar-refractivity contribution in [3.63, 3.8) is 0 Å². The van der Waals surface area contributed by atoms with Gasteiger partial charge >= 0.3 is 0 Å². The molecule has 2 aromatic rings. The van der Waals surface area contributed by atoms with Crippen LogP contribution in [0.1, 0.15) is 5.69 Å². The molecule has 0 aromatic carbocycles. The maximum atomic E-state index is 8.77. The van der Waals surface area contributed by atoms with Gasteiger partial charge in [-0.25, -0.2) is 4.98 Å². The lowest BCUT2D eigenvalue weighted by Crippen LogP contribution is -1.85. The summed E-state index contributed by atoms with van der Waals surface area (Å²) in [6.45, 7) is 0. The maximum absolute atomic E-state index is 8.77. The molecule has 4 nitrogen and oxygen atoms in total. The van der Waals surface area contributed by atoms with Crippen LogP contribution in [0, 0.1) is 11.3 Å². The van der Waals surface area contributed by atoms with Crippen LogP contribution in [0.4, 0.5) is 0 Å². The van der Waals surface area contributed by atoms with E-state index in [1.807, 2.05) is 12.1 Å². The van der Waals surface area contributed by atoms with Crippen molar-refractivity contribution >= 4 is 0 Å². The van der Waals surface area contributed by atoms with Crippen molar-refractivity contribution in [1.29, 1.82) is 5.26 Å². The molecule has 0 fully saturated rings. The van der Waals surface area contributed by atoms with Crippen LogP contribution in [-0.2, 0) is 0 Å². The second-order valence-electron chi connectivity index (χ2n) is 2.50. The van der Waals surface area contributed by atoms with E-state index in [4.69, 9.17) is 5.26 Å². The summed E-state index contributed by atoms with van der Waals surface area (Å²) in [5.74, 6) is 0. The first kappa shape index (κ1) is 7.50. The molecule has 1 N–H and O–H groups in total. The summed E-state index contributed by atoms with van der Waals surface area (Å²) >= 11 is 0. The molecule has 0 aliphatic rings.